The summed E-state index contributed by atoms with van der Waals surface area (Å²) in [5.74, 6) is -1.14. The topological polar surface area (TPSA) is 112 Å². The Labute approximate surface area is 188 Å². The molecule has 1 unspecified atom stereocenters. The van der Waals surface area contributed by atoms with Gasteiger partial charge in [-0.2, -0.15) is 5.10 Å². The number of anilines is 1. The molecule has 168 valence electrons. The first-order valence-electron chi connectivity index (χ1n) is 10.5. The van der Waals surface area contributed by atoms with E-state index in [0.29, 0.717) is 27.8 Å². The minimum atomic E-state index is -0.684. The average molecular weight is 457 g/mol. The maximum atomic E-state index is 12.6. The van der Waals surface area contributed by atoms with Crippen LogP contribution in [0.3, 0.4) is 0 Å². The van der Waals surface area contributed by atoms with Crippen molar-refractivity contribution in [3.63, 3.8) is 0 Å². The number of carbonyl (C=O) groups is 3. The number of thiophene rings is 1. The number of rotatable bonds is 6. The number of esters is 2. The lowest BCUT2D eigenvalue weighted by Crippen LogP contribution is -2.22. The number of nitrogens with one attached hydrogen (secondary N) is 1. The van der Waals surface area contributed by atoms with Gasteiger partial charge in [0.2, 0.25) is 0 Å². The molecule has 0 saturated carbocycles. The van der Waals surface area contributed by atoms with Crippen LogP contribution >= 0.6 is 11.3 Å². The van der Waals surface area contributed by atoms with Crippen LogP contribution in [-0.4, -0.2) is 45.7 Å². The second-order valence-electron chi connectivity index (χ2n) is 7.75. The molecule has 0 aliphatic heterocycles. The van der Waals surface area contributed by atoms with Crippen molar-refractivity contribution in [2.24, 2.45) is 5.92 Å². The lowest BCUT2D eigenvalue weighted by Gasteiger charge is -2.18. The molecular weight excluding hydrogens is 432 g/mol. The smallest absolute Gasteiger partial charge is 0.344 e. The molecular formula is C22H24N4O5S. The van der Waals surface area contributed by atoms with Gasteiger partial charge in [0.25, 0.3) is 5.91 Å². The van der Waals surface area contributed by atoms with Gasteiger partial charge in [-0.25, -0.2) is 19.1 Å². The van der Waals surface area contributed by atoms with Crippen LogP contribution in [0.4, 0.5) is 5.00 Å². The van der Waals surface area contributed by atoms with Crippen molar-refractivity contribution in [3.05, 3.63) is 45.7 Å². The fourth-order valence-corrected chi connectivity index (χ4v) is 5.27. The molecule has 1 N–H and O–H groups in total. The van der Waals surface area contributed by atoms with E-state index in [1.54, 1.807) is 32.3 Å². The highest BCUT2D eigenvalue weighted by Crippen LogP contribution is 2.40. The molecule has 1 aliphatic carbocycles. The first kappa shape index (κ1) is 21.9. The predicted octanol–water partition coefficient (Wildman–Crippen LogP) is 3.20. The number of hydrogen-bond acceptors (Lipinski definition) is 8. The Balaban J connectivity index is 1.49. The van der Waals surface area contributed by atoms with Crippen LogP contribution in [0.2, 0.25) is 0 Å². The molecule has 1 atom stereocenters. The van der Waals surface area contributed by atoms with E-state index >= 15 is 0 Å². The number of nitrogens with zero attached hydrogens (tertiary/aromatic N) is 3. The van der Waals surface area contributed by atoms with Gasteiger partial charge in [-0.15, -0.1) is 11.3 Å². The molecule has 32 heavy (non-hydrogen) atoms. The van der Waals surface area contributed by atoms with E-state index in [2.05, 4.69) is 22.3 Å². The Bertz CT molecular complexity index is 1200. The Morgan fingerprint density at radius 3 is 2.81 bits per heavy atom. The minimum Gasteiger partial charge on any atom is -0.462 e. The monoisotopic (exact) mass is 456 g/mol. The fourth-order valence-electron chi connectivity index (χ4n) is 3.86. The van der Waals surface area contributed by atoms with E-state index in [1.165, 1.54) is 15.9 Å². The van der Waals surface area contributed by atoms with Crippen molar-refractivity contribution in [3.8, 4) is 0 Å². The summed E-state index contributed by atoms with van der Waals surface area (Å²) < 4.78 is 11.9. The lowest BCUT2D eigenvalue weighted by molar-refractivity contribution is -0.119. The fraction of sp³-hybridized carbons (Fsp3) is 0.409. The molecule has 0 radical (unpaired) electrons. The second kappa shape index (κ2) is 9.07. The number of fused-ring (bicyclic) bond motifs is 2. The summed E-state index contributed by atoms with van der Waals surface area (Å²) >= 11 is 1.39. The molecule has 3 aromatic heterocycles. The van der Waals surface area contributed by atoms with Crippen LogP contribution in [0.1, 0.15) is 57.1 Å². The zero-order chi connectivity index (χ0) is 22.8. The van der Waals surface area contributed by atoms with Gasteiger partial charge in [0.05, 0.1) is 17.9 Å². The number of aromatic nitrogens is 3. The van der Waals surface area contributed by atoms with Crippen LogP contribution < -0.4 is 5.32 Å². The summed E-state index contributed by atoms with van der Waals surface area (Å²) in [6.45, 7) is 5.34. The maximum Gasteiger partial charge on any atom is 0.344 e. The van der Waals surface area contributed by atoms with Crippen LogP contribution in [0, 0.1) is 12.8 Å². The van der Waals surface area contributed by atoms with Gasteiger partial charge in [-0.05, 0) is 50.7 Å². The van der Waals surface area contributed by atoms with Gasteiger partial charge < -0.3 is 14.8 Å². The minimum absolute atomic E-state index is 0.214. The number of hydrogen-bond donors (Lipinski definition) is 1. The summed E-state index contributed by atoms with van der Waals surface area (Å²) in [6, 6.07) is 1.70. The van der Waals surface area contributed by atoms with Crippen molar-refractivity contribution in [1.82, 2.24) is 14.6 Å². The Hall–Kier alpha value is -3.27. The summed E-state index contributed by atoms with van der Waals surface area (Å²) in [4.78, 5) is 43.0. The van der Waals surface area contributed by atoms with Crippen LogP contribution in [-0.2, 0) is 27.1 Å². The van der Waals surface area contributed by atoms with Crippen molar-refractivity contribution in [1.29, 1.82) is 0 Å². The molecule has 3 heterocycles. The van der Waals surface area contributed by atoms with E-state index in [4.69, 9.17) is 9.47 Å². The summed E-state index contributed by atoms with van der Waals surface area (Å²) in [5, 5.41) is 7.41. The van der Waals surface area contributed by atoms with Gasteiger partial charge in [-0.3, -0.25) is 4.79 Å². The SMILES string of the molecule is CCOC(=O)c1c(NC(=O)COC(=O)c2c(C)nn3cccnc23)sc2c1CCC(C)C2. The highest BCUT2D eigenvalue weighted by Gasteiger charge is 2.29. The van der Waals surface area contributed by atoms with Gasteiger partial charge >= 0.3 is 11.9 Å². The zero-order valence-electron chi connectivity index (χ0n) is 18.1. The van der Waals surface area contributed by atoms with E-state index < -0.39 is 24.5 Å². The van der Waals surface area contributed by atoms with Gasteiger partial charge in [0, 0.05) is 17.3 Å². The largest absolute Gasteiger partial charge is 0.462 e. The van der Waals surface area contributed by atoms with E-state index in [1.807, 2.05) is 0 Å². The molecule has 4 rings (SSSR count). The van der Waals surface area contributed by atoms with E-state index in [9.17, 15) is 14.4 Å². The number of carbonyl (C=O) groups excluding carboxylic acids is 3. The molecule has 9 nitrogen and oxygen atoms in total. The molecule has 0 aromatic carbocycles. The molecule has 0 spiro atoms. The summed E-state index contributed by atoms with van der Waals surface area (Å²) in [7, 11) is 0. The third-order valence-electron chi connectivity index (χ3n) is 5.35. The first-order chi connectivity index (χ1) is 15.4. The quantitative estimate of drug-likeness (QED) is 0.567. The van der Waals surface area contributed by atoms with Crippen LogP contribution in [0.5, 0.6) is 0 Å². The molecule has 0 bridgehead atoms. The van der Waals surface area contributed by atoms with Crippen molar-refractivity contribution in [2.45, 2.75) is 40.0 Å². The highest BCUT2D eigenvalue weighted by atomic mass is 32.1. The van der Waals surface area contributed by atoms with E-state index in [0.717, 1.165) is 29.7 Å². The molecule has 3 aromatic rings. The third-order valence-corrected chi connectivity index (χ3v) is 6.52. The zero-order valence-corrected chi connectivity index (χ0v) is 19.0. The Morgan fingerprint density at radius 1 is 1.25 bits per heavy atom. The lowest BCUT2D eigenvalue weighted by atomic mass is 9.88. The molecule has 10 heteroatoms. The van der Waals surface area contributed by atoms with Crippen molar-refractivity contribution < 1.29 is 23.9 Å². The normalized spacial score (nSPS) is 15.3. The molecule has 0 saturated heterocycles. The first-order valence-corrected chi connectivity index (χ1v) is 11.3. The molecule has 1 amide bonds. The highest BCUT2D eigenvalue weighted by molar-refractivity contribution is 7.17. The predicted molar refractivity (Wildman–Crippen MR) is 118 cm³/mol. The number of aryl methyl sites for hydroxylation is 1. The van der Waals surface area contributed by atoms with Crippen molar-refractivity contribution in [2.75, 3.05) is 18.5 Å². The summed E-state index contributed by atoms with van der Waals surface area (Å²) in [6.07, 6.45) is 5.84. The summed E-state index contributed by atoms with van der Waals surface area (Å²) in [5.41, 5.74) is 2.40. The van der Waals surface area contributed by atoms with Gasteiger partial charge in [0.15, 0.2) is 12.3 Å². The van der Waals surface area contributed by atoms with Crippen LogP contribution in [0.25, 0.3) is 5.65 Å². The third kappa shape index (κ3) is 4.22. The molecule has 0 fully saturated rings. The number of ether oxygens (including phenoxy) is 2. The van der Waals surface area contributed by atoms with Crippen molar-refractivity contribution >= 4 is 39.8 Å². The standard InChI is InChI=1S/C22H24N4O5S/c1-4-30-22(29)18-14-7-6-12(2)10-15(14)32-20(18)24-16(27)11-31-21(28)17-13(3)25-26-9-5-8-23-19(17)26/h5,8-9,12H,4,6-7,10-11H2,1-3H3,(H,24,27). The molecule has 1 aliphatic rings. The van der Waals surface area contributed by atoms with E-state index in [-0.39, 0.29) is 12.2 Å². The Kier molecular flexibility index (Phi) is 6.22. The maximum absolute atomic E-state index is 12.6. The Morgan fingerprint density at radius 2 is 2.03 bits per heavy atom. The van der Waals surface area contributed by atoms with Crippen LogP contribution in [0.15, 0.2) is 18.5 Å². The van der Waals surface area contributed by atoms with Gasteiger partial charge in [-0.1, -0.05) is 6.92 Å². The second-order valence-corrected chi connectivity index (χ2v) is 8.85. The van der Waals surface area contributed by atoms with Gasteiger partial charge in [0.1, 0.15) is 10.6 Å². The average Bonchev–Trinajstić information content (AvgIpc) is 3.27. The number of amides is 1.